The van der Waals surface area contributed by atoms with Crippen molar-refractivity contribution in [3.05, 3.63) is 77.9 Å². The van der Waals surface area contributed by atoms with Gasteiger partial charge in [0, 0.05) is 50.4 Å². The molecule has 2 aromatic rings. The Hall–Kier alpha value is -7.21. The number of piperazine rings is 1. The summed E-state index contributed by atoms with van der Waals surface area (Å²) in [6.07, 6.45) is -2.76. The number of benzene rings is 2. The lowest BCUT2D eigenvalue weighted by atomic mass is 9.68. The van der Waals surface area contributed by atoms with E-state index in [1.54, 1.807) is 31.2 Å². The lowest BCUT2D eigenvalue weighted by Gasteiger charge is -2.38. The number of urea groups is 1. The van der Waals surface area contributed by atoms with E-state index in [0.29, 0.717) is 43.7 Å². The highest BCUT2D eigenvalue weighted by Gasteiger charge is 2.53. The van der Waals surface area contributed by atoms with Crippen molar-refractivity contribution in [2.24, 2.45) is 11.1 Å². The number of rotatable bonds is 18. The summed E-state index contributed by atoms with van der Waals surface area (Å²) in [6.45, 7) is 6.69. The average Bonchev–Trinajstić information content (AvgIpc) is 3.70. The van der Waals surface area contributed by atoms with Crippen LogP contribution in [-0.2, 0) is 38.2 Å². The summed E-state index contributed by atoms with van der Waals surface area (Å²) in [5, 5.41) is 29.6. The Bertz CT molecular complexity index is 2130. The number of nitriles is 1. The van der Waals surface area contributed by atoms with Crippen LogP contribution >= 0.6 is 0 Å². The molecule has 5 atom stereocenters. The third-order valence-corrected chi connectivity index (χ3v) is 11.7. The molecule has 1 aliphatic carbocycles. The standard InChI is InChI=1S/C44H55N9O12/c1-4-23-63-40(58)44(16-6-17-44)39(57)50-33(7-5-18-47-41(46)59)36(54)49-31-14-12-30(13-15-31)35(38(56)52-21-19-51(3)20-22-52)65-43(62)64-32-24-34(53(26-32)42(60)61)37(55)48-27(2)29-10-8-28(25-45)9-11-29/h4,8-15,27,32-35H,1,5-7,16-24,26H2,2-3H3,(H,48,55)(H,49,54)(H,50,57)(H,60,61)(H3,46,47,59)/t27-,32?,33-,34?,35?/m0/s1. The van der Waals surface area contributed by atoms with Crippen LogP contribution in [0.5, 0.6) is 0 Å². The van der Waals surface area contributed by atoms with Crippen LogP contribution in [0.1, 0.15) is 74.3 Å². The molecule has 2 aliphatic heterocycles. The molecule has 0 bridgehead atoms. The lowest BCUT2D eigenvalue weighted by Crippen LogP contribution is -2.56. The minimum Gasteiger partial charge on any atom is -0.465 e. The number of nitrogens with two attached hydrogens (primary N) is 1. The molecule has 21 nitrogen and oxygen atoms in total. The average molecular weight is 902 g/mol. The quantitative estimate of drug-likeness (QED) is 0.0542. The number of likely N-dealkylation sites (N-methyl/N-ethyl adjacent to an activating group) is 1. The van der Waals surface area contributed by atoms with E-state index in [1.807, 2.05) is 18.0 Å². The normalized spacial score (nSPS) is 19.1. The molecule has 3 unspecified atom stereocenters. The first kappa shape index (κ1) is 48.8. The molecular formula is C44H55N9O12. The van der Waals surface area contributed by atoms with Gasteiger partial charge in [0.05, 0.1) is 24.2 Å². The summed E-state index contributed by atoms with van der Waals surface area (Å²) in [5.41, 5.74) is 5.28. The maximum absolute atomic E-state index is 14.0. The van der Waals surface area contributed by atoms with Gasteiger partial charge in [-0.25, -0.2) is 14.4 Å². The molecule has 0 spiro atoms. The summed E-state index contributed by atoms with van der Waals surface area (Å²) in [6, 6.07) is 10.7. The number of primary amides is 1. The topological polar surface area (TPSA) is 292 Å². The number of esters is 1. The second kappa shape index (κ2) is 22.4. The number of nitrogens with zero attached hydrogens (tertiary/aromatic N) is 4. The largest absolute Gasteiger partial charge is 0.509 e. The van der Waals surface area contributed by atoms with Gasteiger partial charge in [-0.2, -0.15) is 5.26 Å². The molecule has 1 saturated carbocycles. The monoisotopic (exact) mass is 901 g/mol. The van der Waals surface area contributed by atoms with E-state index in [2.05, 4.69) is 27.8 Å². The molecule has 3 fully saturated rings. The van der Waals surface area contributed by atoms with E-state index in [9.17, 15) is 43.5 Å². The number of carbonyl (C=O) groups excluding carboxylic acids is 7. The van der Waals surface area contributed by atoms with Gasteiger partial charge in [0.15, 0.2) is 0 Å². The second-order valence-electron chi connectivity index (χ2n) is 16.2. The van der Waals surface area contributed by atoms with Gasteiger partial charge in [-0.1, -0.05) is 43.3 Å². The van der Waals surface area contributed by atoms with Crippen LogP contribution < -0.4 is 27.0 Å². The molecule has 65 heavy (non-hydrogen) atoms. The van der Waals surface area contributed by atoms with Crippen molar-refractivity contribution in [3.63, 3.8) is 0 Å². The Morgan fingerprint density at radius 2 is 1.65 bits per heavy atom. The molecule has 3 aliphatic rings. The third kappa shape index (κ3) is 12.7. The highest BCUT2D eigenvalue weighted by atomic mass is 16.7. The van der Waals surface area contributed by atoms with Gasteiger partial charge in [-0.3, -0.25) is 28.9 Å². The third-order valence-electron chi connectivity index (χ3n) is 11.7. The summed E-state index contributed by atoms with van der Waals surface area (Å²) in [7, 11) is 1.90. The molecule has 7 N–H and O–H groups in total. The van der Waals surface area contributed by atoms with Crippen LogP contribution in [0.2, 0.25) is 0 Å². The first-order valence-electron chi connectivity index (χ1n) is 21.2. The Labute approximate surface area is 375 Å². The Morgan fingerprint density at radius 1 is 0.985 bits per heavy atom. The second-order valence-corrected chi connectivity index (χ2v) is 16.2. The molecule has 21 heteroatoms. The Kier molecular flexibility index (Phi) is 16.8. The molecular weight excluding hydrogens is 847 g/mol. The van der Waals surface area contributed by atoms with Gasteiger partial charge in [0.2, 0.25) is 23.8 Å². The maximum atomic E-state index is 14.0. The number of likely N-dealkylation sites (tertiary alicyclic amines) is 1. The van der Waals surface area contributed by atoms with Crippen LogP contribution in [0, 0.1) is 16.7 Å². The van der Waals surface area contributed by atoms with Crippen molar-refractivity contribution in [3.8, 4) is 6.07 Å². The van der Waals surface area contributed by atoms with E-state index in [0.717, 1.165) is 4.90 Å². The molecule has 2 aromatic carbocycles. The molecule has 2 saturated heterocycles. The van der Waals surface area contributed by atoms with Gasteiger partial charge in [-0.05, 0) is 69.5 Å². The van der Waals surface area contributed by atoms with Crippen LogP contribution in [0.3, 0.4) is 0 Å². The van der Waals surface area contributed by atoms with Crippen molar-refractivity contribution >= 4 is 53.6 Å². The molecule has 2 heterocycles. The smallest absolute Gasteiger partial charge is 0.465 e. The van der Waals surface area contributed by atoms with Crippen molar-refractivity contribution in [1.29, 1.82) is 5.26 Å². The van der Waals surface area contributed by atoms with Gasteiger partial charge >= 0.3 is 24.2 Å². The summed E-state index contributed by atoms with van der Waals surface area (Å²) in [4.78, 5) is 109. The highest BCUT2D eigenvalue weighted by molar-refractivity contribution is 6.06. The SMILES string of the molecule is C=CCOC(=O)C1(C(=O)N[C@@H](CCCNC(N)=O)C(=O)Nc2ccc(C(OC(=O)OC3CC(C(=O)N[C@@H](C)c4ccc(C#N)cc4)N(C(=O)O)C3)C(=O)N3CCN(C)CC3)cc2)CCC1. The molecule has 7 amide bonds. The van der Waals surface area contributed by atoms with Gasteiger partial charge in [-0.15, -0.1) is 0 Å². The molecule has 348 valence electrons. The van der Waals surface area contributed by atoms with Crippen molar-refractivity contribution in [2.75, 3.05) is 58.2 Å². The number of ether oxygens (including phenoxy) is 3. The Balaban J connectivity index is 1.28. The fourth-order valence-electron chi connectivity index (χ4n) is 7.68. The number of carboxylic acid groups (broad SMARTS) is 1. The molecule has 0 aromatic heterocycles. The predicted molar refractivity (Wildman–Crippen MR) is 230 cm³/mol. The van der Waals surface area contributed by atoms with Crippen LogP contribution in [-0.4, -0.2) is 139 Å². The van der Waals surface area contributed by atoms with Crippen LogP contribution in [0.25, 0.3) is 0 Å². The van der Waals surface area contributed by atoms with Crippen LogP contribution in [0.4, 0.5) is 20.1 Å². The zero-order valence-electron chi connectivity index (χ0n) is 36.3. The number of amides is 7. The van der Waals surface area contributed by atoms with E-state index in [4.69, 9.17) is 25.2 Å². The lowest BCUT2D eigenvalue weighted by molar-refractivity contribution is -0.167. The maximum Gasteiger partial charge on any atom is 0.509 e. The summed E-state index contributed by atoms with van der Waals surface area (Å²) >= 11 is 0. The number of carbonyl (C=O) groups is 8. The minimum absolute atomic E-state index is 0.0552. The molecule has 5 rings (SSSR count). The fourth-order valence-corrected chi connectivity index (χ4v) is 7.68. The predicted octanol–water partition coefficient (Wildman–Crippen LogP) is 2.30. The fraction of sp³-hybridized carbons (Fsp3) is 0.477. The summed E-state index contributed by atoms with van der Waals surface area (Å²) in [5.74, 6) is -3.22. The van der Waals surface area contributed by atoms with E-state index >= 15 is 0 Å². The number of hydrogen-bond acceptors (Lipinski definition) is 13. The van der Waals surface area contributed by atoms with Crippen molar-refractivity contribution in [2.45, 2.75) is 75.8 Å². The number of nitrogens with one attached hydrogen (secondary N) is 4. The van der Waals surface area contributed by atoms with Crippen molar-refractivity contribution < 1.29 is 57.7 Å². The molecule has 0 radical (unpaired) electrons. The first-order valence-corrected chi connectivity index (χ1v) is 21.2. The first-order chi connectivity index (χ1) is 31.0. The summed E-state index contributed by atoms with van der Waals surface area (Å²) < 4.78 is 16.4. The number of hydrogen-bond donors (Lipinski definition) is 6. The van der Waals surface area contributed by atoms with Gasteiger partial charge in [0.1, 0.15) is 30.2 Å². The van der Waals surface area contributed by atoms with E-state index < -0.39 is 83.6 Å². The van der Waals surface area contributed by atoms with Crippen molar-refractivity contribution in [1.82, 2.24) is 30.7 Å². The van der Waals surface area contributed by atoms with Crippen LogP contribution in [0.15, 0.2) is 61.2 Å². The number of anilines is 1. The van der Waals surface area contributed by atoms with E-state index in [1.165, 1.54) is 35.2 Å². The highest BCUT2D eigenvalue weighted by Crippen LogP contribution is 2.42. The minimum atomic E-state index is -1.52. The Morgan fingerprint density at radius 3 is 2.23 bits per heavy atom. The zero-order chi connectivity index (χ0) is 47.3. The van der Waals surface area contributed by atoms with Gasteiger partial charge in [0.25, 0.3) is 5.91 Å². The van der Waals surface area contributed by atoms with Gasteiger partial charge < -0.3 is 56.1 Å². The zero-order valence-corrected chi connectivity index (χ0v) is 36.3. The van der Waals surface area contributed by atoms with E-state index in [-0.39, 0.29) is 63.1 Å².